The summed E-state index contributed by atoms with van der Waals surface area (Å²) < 4.78 is 35.8. The maximum atomic E-state index is 13.9. The molecule has 2 amide bonds. The first kappa shape index (κ1) is 27.4. The van der Waals surface area contributed by atoms with E-state index in [9.17, 15) is 28.3 Å². The maximum absolute atomic E-state index is 13.9. The molecule has 0 radical (unpaired) electrons. The summed E-state index contributed by atoms with van der Waals surface area (Å²) in [6.07, 6.45) is -0.00280. The van der Waals surface area contributed by atoms with E-state index < -0.39 is 35.2 Å². The molecule has 4 rings (SSSR count). The summed E-state index contributed by atoms with van der Waals surface area (Å²) in [5, 5.41) is 12.4. The molecular formula is C27H31F2N3O6. The van der Waals surface area contributed by atoms with Crippen LogP contribution in [-0.2, 0) is 24.5 Å². The van der Waals surface area contributed by atoms with Crippen LogP contribution in [0.2, 0.25) is 0 Å². The van der Waals surface area contributed by atoms with Crippen LogP contribution >= 0.6 is 0 Å². The third-order valence-electron chi connectivity index (χ3n) is 7.30. The average Bonchev–Trinajstić information content (AvgIpc) is 3.30. The van der Waals surface area contributed by atoms with Gasteiger partial charge >= 0.3 is 12.6 Å². The number of ether oxygens (including phenoxy) is 2. The third kappa shape index (κ3) is 5.20. The second-order valence-electron chi connectivity index (χ2n) is 10.3. The van der Waals surface area contributed by atoms with Crippen molar-refractivity contribution in [3.8, 4) is 5.88 Å². The van der Waals surface area contributed by atoms with Gasteiger partial charge in [0.15, 0.2) is 0 Å². The predicted molar refractivity (Wildman–Crippen MR) is 133 cm³/mol. The van der Waals surface area contributed by atoms with E-state index in [-0.39, 0.29) is 56.7 Å². The number of amides is 2. The molecule has 2 saturated heterocycles. The molecule has 0 saturated carbocycles. The van der Waals surface area contributed by atoms with Crippen molar-refractivity contribution in [1.29, 1.82) is 0 Å². The van der Waals surface area contributed by atoms with E-state index in [0.29, 0.717) is 11.3 Å². The topological polar surface area (TPSA) is 118 Å². The Morgan fingerprint density at radius 2 is 1.89 bits per heavy atom. The fraction of sp³-hybridized carbons (Fsp3) is 0.481. The number of nitrogens with zero attached hydrogens (tertiary/aromatic N) is 2. The van der Waals surface area contributed by atoms with Crippen LogP contribution in [0.5, 0.6) is 5.88 Å². The number of carbonyl (C=O) groups excluding carboxylic acids is 2. The van der Waals surface area contributed by atoms with E-state index in [2.05, 4.69) is 15.0 Å². The number of carboxylic acid groups (broad SMARTS) is 1. The zero-order chi connectivity index (χ0) is 27.7. The summed E-state index contributed by atoms with van der Waals surface area (Å²) in [7, 11) is 0. The zero-order valence-electron chi connectivity index (χ0n) is 21.5. The van der Waals surface area contributed by atoms with Crippen LogP contribution in [0.4, 0.5) is 14.5 Å². The summed E-state index contributed by atoms with van der Waals surface area (Å²) >= 11 is 0. The number of hydrogen-bond donors (Lipinski definition) is 2. The highest BCUT2D eigenvalue weighted by molar-refractivity contribution is 6.03. The summed E-state index contributed by atoms with van der Waals surface area (Å²) in [6.45, 7) is 2.68. The number of aromatic nitrogens is 1. The molecule has 1 unspecified atom stereocenters. The van der Waals surface area contributed by atoms with Gasteiger partial charge in [0, 0.05) is 31.8 Å². The Balaban J connectivity index is 1.64. The highest BCUT2D eigenvalue weighted by Crippen LogP contribution is 2.42. The largest absolute Gasteiger partial charge is 0.481 e. The van der Waals surface area contributed by atoms with Crippen LogP contribution in [0.3, 0.4) is 0 Å². The molecule has 1 aromatic carbocycles. The van der Waals surface area contributed by atoms with Crippen LogP contribution in [0, 0.1) is 12.3 Å². The molecule has 2 fully saturated rings. The van der Waals surface area contributed by atoms with Gasteiger partial charge in [-0.05, 0) is 42.5 Å². The van der Waals surface area contributed by atoms with Crippen LogP contribution in [0.25, 0.3) is 0 Å². The number of hydrogen-bond acceptors (Lipinski definition) is 6. The first-order valence-electron chi connectivity index (χ1n) is 12.4. The standard InChI is InChI=1S/C27H31F2N3O6/c1-16(2)18-6-4-5-7-19(18)27(23(34)31-20-9-8-17(3)30-22(20)38-25(28)29)13-32(14-27)21(33)12-26(24(35)36)10-11-37-15-26/h4-9,16,25H,10-15H2,1-3H3,(H,31,34)(H,35,36). The molecular weight excluding hydrogens is 500 g/mol. The Labute approximate surface area is 219 Å². The zero-order valence-corrected chi connectivity index (χ0v) is 21.5. The highest BCUT2D eigenvalue weighted by atomic mass is 19.3. The molecule has 2 aliphatic heterocycles. The normalized spacial score (nSPS) is 20.3. The monoisotopic (exact) mass is 531 g/mol. The number of likely N-dealkylation sites (tertiary alicyclic amines) is 1. The van der Waals surface area contributed by atoms with Gasteiger partial charge in [-0.15, -0.1) is 0 Å². The summed E-state index contributed by atoms with van der Waals surface area (Å²) in [4.78, 5) is 44.4. The molecule has 2 aromatic rings. The lowest BCUT2D eigenvalue weighted by Crippen LogP contribution is -2.67. The number of aryl methyl sites for hydroxylation is 1. The molecule has 204 valence electrons. The minimum absolute atomic E-state index is 0.00227. The minimum Gasteiger partial charge on any atom is -0.481 e. The van der Waals surface area contributed by atoms with Crippen molar-refractivity contribution in [2.45, 2.75) is 51.6 Å². The summed E-state index contributed by atoms with van der Waals surface area (Å²) in [5.41, 5.74) is -0.437. The number of halogens is 2. The minimum atomic E-state index is -3.13. The number of carboxylic acids is 1. The molecule has 3 heterocycles. The molecule has 1 atom stereocenters. The molecule has 0 aliphatic carbocycles. The van der Waals surface area contributed by atoms with Crippen molar-refractivity contribution in [3.05, 3.63) is 53.2 Å². The van der Waals surface area contributed by atoms with Gasteiger partial charge in [0.25, 0.3) is 0 Å². The first-order chi connectivity index (χ1) is 18.0. The lowest BCUT2D eigenvalue weighted by atomic mass is 9.69. The van der Waals surface area contributed by atoms with Crippen LogP contribution < -0.4 is 10.1 Å². The van der Waals surface area contributed by atoms with E-state index >= 15 is 0 Å². The average molecular weight is 532 g/mol. The molecule has 1 aromatic heterocycles. The van der Waals surface area contributed by atoms with E-state index in [1.165, 1.54) is 11.0 Å². The molecule has 9 nitrogen and oxygen atoms in total. The highest BCUT2D eigenvalue weighted by Gasteiger charge is 2.55. The van der Waals surface area contributed by atoms with Crippen molar-refractivity contribution in [1.82, 2.24) is 9.88 Å². The Morgan fingerprint density at radius 3 is 2.50 bits per heavy atom. The van der Waals surface area contributed by atoms with Crippen molar-refractivity contribution in [2.75, 3.05) is 31.6 Å². The van der Waals surface area contributed by atoms with Crippen molar-refractivity contribution < 1.29 is 37.7 Å². The Hall–Kier alpha value is -3.60. The van der Waals surface area contributed by atoms with Crippen molar-refractivity contribution in [2.24, 2.45) is 5.41 Å². The van der Waals surface area contributed by atoms with Gasteiger partial charge in [-0.3, -0.25) is 14.4 Å². The van der Waals surface area contributed by atoms with Crippen molar-refractivity contribution >= 4 is 23.5 Å². The number of aliphatic carboxylic acids is 1. The van der Waals surface area contributed by atoms with Gasteiger partial charge in [0.2, 0.25) is 17.7 Å². The second-order valence-corrected chi connectivity index (χ2v) is 10.3. The van der Waals surface area contributed by atoms with Gasteiger partial charge in [-0.2, -0.15) is 8.78 Å². The van der Waals surface area contributed by atoms with E-state index in [1.807, 2.05) is 32.0 Å². The maximum Gasteiger partial charge on any atom is 0.388 e. The van der Waals surface area contributed by atoms with Gasteiger partial charge in [-0.25, -0.2) is 4.98 Å². The Morgan fingerprint density at radius 1 is 1.18 bits per heavy atom. The molecule has 11 heteroatoms. The molecule has 2 aliphatic rings. The van der Waals surface area contributed by atoms with Gasteiger partial charge in [-0.1, -0.05) is 38.1 Å². The molecule has 0 bridgehead atoms. The van der Waals surface area contributed by atoms with Gasteiger partial charge in [0.1, 0.15) is 16.5 Å². The van der Waals surface area contributed by atoms with Gasteiger partial charge < -0.3 is 24.8 Å². The summed E-state index contributed by atoms with van der Waals surface area (Å²) in [5.74, 6) is -2.32. The van der Waals surface area contributed by atoms with Crippen LogP contribution in [-0.4, -0.2) is 65.7 Å². The third-order valence-corrected chi connectivity index (χ3v) is 7.30. The van der Waals surface area contributed by atoms with Crippen LogP contribution in [0.1, 0.15) is 49.4 Å². The number of alkyl halides is 2. The van der Waals surface area contributed by atoms with E-state index in [4.69, 9.17) is 4.74 Å². The summed E-state index contributed by atoms with van der Waals surface area (Å²) in [6, 6.07) is 10.4. The Bertz CT molecular complexity index is 1220. The number of benzene rings is 1. The van der Waals surface area contributed by atoms with E-state index in [1.54, 1.807) is 19.1 Å². The van der Waals surface area contributed by atoms with E-state index in [0.717, 1.165) is 5.56 Å². The lowest BCUT2D eigenvalue weighted by Gasteiger charge is -2.50. The number of rotatable bonds is 9. The second kappa shape index (κ2) is 10.6. The quantitative estimate of drug-likeness (QED) is 0.506. The lowest BCUT2D eigenvalue weighted by molar-refractivity contribution is -0.157. The number of carbonyl (C=O) groups is 3. The number of anilines is 1. The van der Waals surface area contributed by atoms with Gasteiger partial charge in [0.05, 0.1) is 6.61 Å². The van der Waals surface area contributed by atoms with Crippen molar-refractivity contribution in [3.63, 3.8) is 0 Å². The molecule has 2 N–H and O–H groups in total. The fourth-order valence-electron chi connectivity index (χ4n) is 5.09. The fourth-order valence-corrected chi connectivity index (χ4v) is 5.09. The smallest absolute Gasteiger partial charge is 0.388 e. The number of nitrogens with one attached hydrogen (secondary N) is 1. The van der Waals surface area contributed by atoms with Crippen LogP contribution in [0.15, 0.2) is 36.4 Å². The Kier molecular flexibility index (Phi) is 7.68. The number of pyridine rings is 1. The SMILES string of the molecule is Cc1ccc(NC(=O)C2(c3ccccc3C(C)C)CN(C(=O)CC3(C(=O)O)CCOC3)C2)c(OC(F)F)n1. The predicted octanol–water partition coefficient (Wildman–Crippen LogP) is 3.71. The molecule has 38 heavy (non-hydrogen) atoms. The first-order valence-corrected chi connectivity index (χ1v) is 12.4. The molecule has 0 spiro atoms.